The molecule has 5 heteroatoms. The average molecular weight is 334 g/mol. The Morgan fingerprint density at radius 1 is 1.25 bits per heavy atom. The van der Waals surface area contributed by atoms with Crippen LogP contribution in [-0.2, 0) is 0 Å². The van der Waals surface area contributed by atoms with Gasteiger partial charge in [-0.3, -0.25) is 4.79 Å². The summed E-state index contributed by atoms with van der Waals surface area (Å²) in [5.41, 5.74) is 0.906. The highest BCUT2D eigenvalue weighted by Gasteiger charge is 2.09. The molecule has 1 aromatic heterocycles. The van der Waals surface area contributed by atoms with E-state index in [4.69, 9.17) is 4.74 Å². The van der Waals surface area contributed by atoms with Gasteiger partial charge >= 0.3 is 0 Å². The minimum Gasteiger partial charge on any atom is -0.494 e. The van der Waals surface area contributed by atoms with Gasteiger partial charge in [0.05, 0.1) is 17.6 Å². The Balaban J connectivity index is 2.02. The Morgan fingerprint density at radius 2 is 2.00 bits per heavy atom. The molecular formula is C19H14N2O2S. The van der Waals surface area contributed by atoms with Crippen LogP contribution in [0, 0.1) is 11.3 Å². The second-order valence-electron chi connectivity index (χ2n) is 4.99. The summed E-state index contributed by atoms with van der Waals surface area (Å²) in [6.07, 6.45) is 1.72. The van der Waals surface area contributed by atoms with Gasteiger partial charge in [0.25, 0.3) is 5.56 Å². The number of fused-ring (bicyclic) bond motifs is 1. The minimum atomic E-state index is -0.313. The Labute approximate surface area is 143 Å². The monoisotopic (exact) mass is 334 g/mol. The van der Waals surface area contributed by atoms with Crippen molar-refractivity contribution in [3.8, 4) is 11.8 Å². The number of hydrogen-bond acceptors (Lipinski definition) is 5. The maximum absolute atomic E-state index is 12.1. The number of ether oxygens (including phenoxy) is 1. The van der Waals surface area contributed by atoms with Gasteiger partial charge in [-0.05, 0) is 42.8 Å². The number of nitrogens with zero attached hydrogens (tertiary/aromatic N) is 2. The fourth-order valence-electron chi connectivity index (χ4n) is 2.26. The molecular weight excluding hydrogens is 320 g/mol. The first kappa shape index (κ1) is 15.9. The molecule has 0 saturated carbocycles. The van der Waals surface area contributed by atoms with Crippen molar-refractivity contribution in [2.45, 2.75) is 6.92 Å². The smallest absolute Gasteiger partial charge is 0.279 e. The third-order valence-corrected chi connectivity index (χ3v) is 4.46. The Bertz CT molecular complexity index is 998. The van der Waals surface area contributed by atoms with E-state index in [1.165, 1.54) is 11.3 Å². The number of hydrogen-bond donors (Lipinski definition) is 0. The predicted octanol–water partition coefficient (Wildman–Crippen LogP) is 4.12. The average Bonchev–Trinajstić information content (AvgIpc) is 2.61. The molecule has 0 aliphatic carbocycles. The fraction of sp³-hybridized carbons (Fsp3) is 0.105. The van der Waals surface area contributed by atoms with Crippen LogP contribution in [0.2, 0.25) is 0 Å². The van der Waals surface area contributed by atoms with E-state index in [0.717, 1.165) is 16.0 Å². The summed E-state index contributed by atoms with van der Waals surface area (Å²) in [5.74, 6) is 0.779. The van der Waals surface area contributed by atoms with Crippen LogP contribution < -0.4 is 10.3 Å². The molecule has 0 aliphatic rings. The van der Waals surface area contributed by atoms with Gasteiger partial charge in [-0.25, -0.2) is 0 Å². The minimum absolute atomic E-state index is 0.313. The highest BCUT2D eigenvalue weighted by atomic mass is 32.1. The molecule has 24 heavy (non-hydrogen) atoms. The summed E-state index contributed by atoms with van der Waals surface area (Å²) in [4.78, 5) is 16.2. The van der Waals surface area contributed by atoms with E-state index < -0.39 is 0 Å². The van der Waals surface area contributed by atoms with E-state index in [9.17, 15) is 10.1 Å². The van der Waals surface area contributed by atoms with E-state index in [-0.39, 0.29) is 5.56 Å². The van der Waals surface area contributed by atoms with Crippen molar-refractivity contribution < 1.29 is 4.74 Å². The molecule has 3 rings (SSSR count). The molecule has 0 N–H and O–H groups in total. The van der Waals surface area contributed by atoms with Crippen LogP contribution in [0.4, 0.5) is 0 Å². The summed E-state index contributed by atoms with van der Waals surface area (Å²) in [5, 5.41) is 10.5. The maximum Gasteiger partial charge on any atom is 0.279 e. The molecule has 0 unspecified atom stereocenters. The first-order chi connectivity index (χ1) is 11.7. The van der Waals surface area contributed by atoms with Crippen LogP contribution in [0.5, 0.6) is 5.75 Å². The van der Waals surface area contributed by atoms with E-state index in [2.05, 4.69) is 11.1 Å². The Morgan fingerprint density at radius 3 is 2.71 bits per heavy atom. The van der Waals surface area contributed by atoms with Crippen LogP contribution in [0.3, 0.4) is 0 Å². The second kappa shape index (κ2) is 7.07. The van der Waals surface area contributed by atoms with Crippen molar-refractivity contribution in [1.82, 2.24) is 4.98 Å². The molecule has 0 saturated heterocycles. The van der Waals surface area contributed by atoms with Crippen molar-refractivity contribution in [3.05, 3.63) is 69.5 Å². The van der Waals surface area contributed by atoms with Crippen LogP contribution in [-0.4, -0.2) is 11.6 Å². The number of rotatable bonds is 4. The number of aromatic nitrogens is 1. The SMILES string of the molecule is CCOc1ccc(/C=C(\C#N)c2nc(=O)c3ccccc3s2)cc1. The highest BCUT2D eigenvalue weighted by molar-refractivity contribution is 7.19. The topological polar surface area (TPSA) is 63.0 Å². The normalized spacial score (nSPS) is 11.2. The zero-order chi connectivity index (χ0) is 16.9. The van der Waals surface area contributed by atoms with Gasteiger partial charge in [-0.1, -0.05) is 24.3 Å². The molecule has 4 nitrogen and oxygen atoms in total. The molecule has 0 radical (unpaired) electrons. The molecule has 0 amide bonds. The summed E-state index contributed by atoms with van der Waals surface area (Å²) in [6.45, 7) is 2.53. The summed E-state index contributed by atoms with van der Waals surface area (Å²) >= 11 is 1.34. The van der Waals surface area contributed by atoms with Crippen LogP contribution in [0.25, 0.3) is 21.7 Å². The standard InChI is InChI=1S/C19H14N2O2S/c1-2-23-15-9-7-13(8-10-15)11-14(12-20)19-21-18(22)16-5-3-4-6-17(16)24-19/h3-11H,2H2,1H3/b14-11+. The Kier molecular flexibility index (Phi) is 4.69. The summed E-state index contributed by atoms with van der Waals surface area (Å²) in [6, 6.07) is 16.8. The van der Waals surface area contributed by atoms with Crippen molar-refractivity contribution >= 4 is 33.1 Å². The van der Waals surface area contributed by atoms with Gasteiger partial charge in [0, 0.05) is 4.70 Å². The van der Waals surface area contributed by atoms with Crippen LogP contribution in [0.15, 0.2) is 53.3 Å². The van der Waals surface area contributed by atoms with E-state index in [1.54, 1.807) is 18.2 Å². The third kappa shape index (κ3) is 3.34. The lowest BCUT2D eigenvalue weighted by molar-refractivity contribution is 0.340. The molecule has 3 aromatic rings. The van der Waals surface area contributed by atoms with Crippen LogP contribution in [0.1, 0.15) is 17.5 Å². The lowest BCUT2D eigenvalue weighted by Gasteiger charge is -2.03. The largest absolute Gasteiger partial charge is 0.494 e. The molecule has 2 aromatic carbocycles. The van der Waals surface area contributed by atoms with Gasteiger partial charge in [-0.15, -0.1) is 11.3 Å². The van der Waals surface area contributed by atoms with Gasteiger partial charge in [0.15, 0.2) is 0 Å². The molecule has 0 spiro atoms. The maximum atomic E-state index is 12.1. The van der Waals surface area contributed by atoms with Crippen molar-refractivity contribution in [3.63, 3.8) is 0 Å². The molecule has 0 atom stereocenters. The molecule has 0 bridgehead atoms. The number of allylic oxidation sites excluding steroid dienone is 1. The first-order valence-corrected chi connectivity index (χ1v) is 8.28. The predicted molar refractivity (Wildman–Crippen MR) is 97.0 cm³/mol. The molecule has 118 valence electrons. The van der Waals surface area contributed by atoms with E-state index in [0.29, 0.717) is 22.6 Å². The summed E-state index contributed by atoms with van der Waals surface area (Å²) < 4.78 is 6.22. The molecule has 0 fully saturated rings. The second-order valence-corrected chi connectivity index (χ2v) is 6.02. The van der Waals surface area contributed by atoms with Gasteiger partial charge in [-0.2, -0.15) is 10.2 Å². The van der Waals surface area contributed by atoms with Crippen molar-refractivity contribution in [2.24, 2.45) is 0 Å². The van der Waals surface area contributed by atoms with Crippen molar-refractivity contribution in [1.29, 1.82) is 5.26 Å². The number of nitriles is 1. The third-order valence-electron chi connectivity index (χ3n) is 3.38. The number of benzene rings is 2. The lowest BCUT2D eigenvalue weighted by Crippen LogP contribution is -2.07. The van der Waals surface area contributed by atoms with Gasteiger partial charge < -0.3 is 4.74 Å². The summed E-state index contributed by atoms with van der Waals surface area (Å²) in [7, 11) is 0. The fourth-order valence-corrected chi connectivity index (χ4v) is 3.23. The van der Waals surface area contributed by atoms with E-state index >= 15 is 0 Å². The zero-order valence-corrected chi connectivity index (χ0v) is 13.8. The lowest BCUT2D eigenvalue weighted by atomic mass is 10.1. The van der Waals surface area contributed by atoms with Gasteiger partial charge in [0.1, 0.15) is 16.8 Å². The Hall–Kier alpha value is -2.97. The quantitative estimate of drug-likeness (QED) is 0.673. The van der Waals surface area contributed by atoms with Crippen LogP contribution >= 0.6 is 11.3 Å². The zero-order valence-electron chi connectivity index (χ0n) is 13.0. The van der Waals surface area contributed by atoms with Crippen molar-refractivity contribution in [2.75, 3.05) is 6.61 Å². The van der Waals surface area contributed by atoms with Gasteiger partial charge in [0.2, 0.25) is 0 Å². The first-order valence-electron chi connectivity index (χ1n) is 7.46. The molecule has 1 heterocycles. The molecule has 0 aliphatic heterocycles. The highest BCUT2D eigenvalue weighted by Crippen LogP contribution is 2.24. The van der Waals surface area contributed by atoms with E-state index in [1.807, 2.05) is 43.3 Å².